The topological polar surface area (TPSA) is 55.8 Å². The molecule has 1 aromatic carbocycles. The molecule has 0 aromatic heterocycles. The fourth-order valence-electron chi connectivity index (χ4n) is 3.01. The van der Waals surface area contributed by atoms with Crippen molar-refractivity contribution in [3.63, 3.8) is 0 Å². The number of hydrogen-bond acceptors (Lipinski definition) is 4. The molecule has 1 N–H and O–H groups in total. The van der Waals surface area contributed by atoms with Gasteiger partial charge in [-0.1, -0.05) is 12.8 Å². The van der Waals surface area contributed by atoms with Crippen molar-refractivity contribution in [2.75, 3.05) is 13.2 Å². The number of benzene rings is 1. The van der Waals surface area contributed by atoms with Crippen LogP contribution in [0.25, 0.3) is 0 Å². The first-order valence-corrected chi connectivity index (χ1v) is 7.35. The van der Waals surface area contributed by atoms with Crippen LogP contribution in [0.15, 0.2) is 18.2 Å². The molecule has 4 nitrogen and oxygen atoms in total. The number of fused-ring (bicyclic) bond motifs is 1. The first-order valence-electron chi connectivity index (χ1n) is 7.35. The van der Waals surface area contributed by atoms with E-state index in [9.17, 15) is 9.90 Å². The van der Waals surface area contributed by atoms with Crippen molar-refractivity contribution in [1.29, 1.82) is 0 Å². The van der Waals surface area contributed by atoms with Gasteiger partial charge in [0, 0.05) is 6.42 Å². The highest BCUT2D eigenvalue weighted by molar-refractivity contribution is 6.02. The van der Waals surface area contributed by atoms with Gasteiger partial charge in [0.1, 0.15) is 17.6 Å². The Morgan fingerprint density at radius 3 is 2.85 bits per heavy atom. The van der Waals surface area contributed by atoms with Gasteiger partial charge < -0.3 is 14.6 Å². The van der Waals surface area contributed by atoms with E-state index >= 15 is 0 Å². The Balaban J connectivity index is 1.71. The Kier molecular flexibility index (Phi) is 3.92. The zero-order valence-corrected chi connectivity index (χ0v) is 11.5. The Labute approximate surface area is 118 Å². The summed E-state index contributed by atoms with van der Waals surface area (Å²) in [6.07, 6.45) is 5.07. The van der Waals surface area contributed by atoms with Crippen LogP contribution in [0.1, 0.15) is 42.5 Å². The van der Waals surface area contributed by atoms with E-state index in [2.05, 4.69) is 0 Å². The zero-order valence-electron chi connectivity index (χ0n) is 11.5. The van der Waals surface area contributed by atoms with Crippen LogP contribution < -0.4 is 4.74 Å². The molecule has 1 aliphatic heterocycles. The molecule has 20 heavy (non-hydrogen) atoms. The number of ether oxygens (including phenoxy) is 2. The lowest BCUT2D eigenvalue weighted by molar-refractivity contribution is 0.0224. The molecule has 1 aliphatic carbocycles. The van der Waals surface area contributed by atoms with Gasteiger partial charge in [0.15, 0.2) is 5.78 Å². The van der Waals surface area contributed by atoms with Crippen LogP contribution in [0, 0.1) is 5.92 Å². The van der Waals surface area contributed by atoms with Gasteiger partial charge in [-0.2, -0.15) is 0 Å². The van der Waals surface area contributed by atoms with Crippen LogP contribution in [-0.2, 0) is 4.74 Å². The van der Waals surface area contributed by atoms with Crippen molar-refractivity contribution in [3.8, 4) is 11.5 Å². The first-order chi connectivity index (χ1) is 9.74. The minimum absolute atomic E-state index is 0.0774. The van der Waals surface area contributed by atoms with Gasteiger partial charge in [-0.25, -0.2) is 0 Å². The average Bonchev–Trinajstić information content (AvgIpc) is 2.91. The van der Waals surface area contributed by atoms with Crippen LogP contribution in [0.5, 0.6) is 11.5 Å². The number of rotatable bonds is 3. The predicted octanol–water partition coefficient (Wildman–Crippen LogP) is 2.93. The molecule has 0 spiro atoms. The minimum Gasteiger partial charge on any atom is -0.508 e. The normalized spacial score (nSPS) is 23.2. The van der Waals surface area contributed by atoms with Gasteiger partial charge in [0.05, 0.1) is 18.8 Å². The molecule has 1 atom stereocenters. The average molecular weight is 276 g/mol. The van der Waals surface area contributed by atoms with Gasteiger partial charge in [-0.3, -0.25) is 4.79 Å². The van der Waals surface area contributed by atoms with Gasteiger partial charge in [0.2, 0.25) is 0 Å². The van der Waals surface area contributed by atoms with Crippen molar-refractivity contribution < 1.29 is 19.4 Å². The third-order valence-electron chi connectivity index (χ3n) is 4.17. The maximum Gasteiger partial charge on any atom is 0.195 e. The second-order valence-corrected chi connectivity index (χ2v) is 5.65. The van der Waals surface area contributed by atoms with Crippen molar-refractivity contribution in [1.82, 2.24) is 0 Å². The molecule has 1 heterocycles. The number of carbonyl (C=O) groups excluding carboxylic acids is 1. The van der Waals surface area contributed by atoms with Crippen LogP contribution in [0.2, 0.25) is 0 Å². The lowest BCUT2D eigenvalue weighted by Crippen LogP contribution is -2.26. The maximum atomic E-state index is 12.5. The molecular weight excluding hydrogens is 256 g/mol. The highest BCUT2D eigenvalue weighted by Crippen LogP contribution is 2.30. The number of hydrogen-bond donors (Lipinski definition) is 1. The SMILES string of the molecule is O=C1c2cc(O)ccc2OCCC1OCC1CCCC1. The van der Waals surface area contributed by atoms with Crippen molar-refractivity contribution in [3.05, 3.63) is 23.8 Å². The highest BCUT2D eigenvalue weighted by atomic mass is 16.5. The number of aromatic hydroxyl groups is 1. The predicted molar refractivity (Wildman–Crippen MR) is 74.2 cm³/mol. The Morgan fingerprint density at radius 2 is 2.05 bits per heavy atom. The summed E-state index contributed by atoms with van der Waals surface area (Å²) in [5, 5.41) is 9.54. The van der Waals surface area contributed by atoms with Gasteiger partial charge in [-0.15, -0.1) is 0 Å². The first kappa shape index (κ1) is 13.4. The number of Topliss-reactive ketones (excluding diaryl/α,β-unsaturated/α-hetero) is 1. The van der Waals surface area contributed by atoms with E-state index in [1.807, 2.05) is 0 Å². The maximum absolute atomic E-state index is 12.5. The molecule has 2 aliphatic rings. The summed E-state index contributed by atoms with van der Waals surface area (Å²) in [7, 11) is 0. The minimum atomic E-state index is -0.446. The molecule has 1 saturated carbocycles. The summed E-state index contributed by atoms with van der Waals surface area (Å²) in [5.74, 6) is 1.14. The van der Waals surface area contributed by atoms with Crippen LogP contribution >= 0.6 is 0 Å². The second kappa shape index (κ2) is 5.83. The molecule has 3 rings (SSSR count). The largest absolute Gasteiger partial charge is 0.508 e. The quantitative estimate of drug-likeness (QED) is 0.922. The summed E-state index contributed by atoms with van der Waals surface area (Å²) in [6.45, 7) is 1.13. The Bertz CT molecular complexity index is 491. The Morgan fingerprint density at radius 1 is 1.25 bits per heavy atom. The summed E-state index contributed by atoms with van der Waals surface area (Å²) in [5.41, 5.74) is 0.430. The third kappa shape index (κ3) is 2.80. The molecule has 1 unspecified atom stereocenters. The number of carbonyl (C=O) groups is 1. The standard InChI is InChI=1S/C16H20O4/c17-12-5-6-14-13(9-12)16(18)15(7-8-19-14)20-10-11-3-1-2-4-11/h5-6,9,11,15,17H,1-4,7-8,10H2. The fourth-order valence-corrected chi connectivity index (χ4v) is 3.01. The molecule has 108 valence electrons. The molecular formula is C16H20O4. The van der Waals surface area contributed by atoms with Gasteiger partial charge in [-0.05, 0) is 37.0 Å². The van der Waals surface area contributed by atoms with E-state index in [1.54, 1.807) is 6.07 Å². The molecule has 1 aromatic rings. The molecule has 0 radical (unpaired) electrons. The van der Waals surface area contributed by atoms with E-state index in [-0.39, 0.29) is 11.5 Å². The molecule has 1 fully saturated rings. The van der Waals surface area contributed by atoms with E-state index in [1.165, 1.54) is 37.8 Å². The van der Waals surface area contributed by atoms with Crippen molar-refractivity contribution in [2.45, 2.75) is 38.2 Å². The van der Waals surface area contributed by atoms with E-state index in [0.29, 0.717) is 36.9 Å². The Hall–Kier alpha value is -1.55. The molecule has 0 amide bonds. The number of phenolic OH excluding ortho intramolecular Hbond substituents is 1. The van der Waals surface area contributed by atoms with Crippen LogP contribution in [-0.4, -0.2) is 30.2 Å². The van der Waals surface area contributed by atoms with Crippen LogP contribution in [0.3, 0.4) is 0 Å². The summed E-state index contributed by atoms with van der Waals surface area (Å²) in [4.78, 5) is 12.5. The zero-order chi connectivity index (χ0) is 13.9. The van der Waals surface area contributed by atoms with Crippen molar-refractivity contribution >= 4 is 5.78 Å². The number of ketones is 1. The summed E-state index contributed by atoms with van der Waals surface area (Å²) in [6, 6.07) is 4.64. The van der Waals surface area contributed by atoms with E-state index in [4.69, 9.17) is 9.47 Å². The highest BCUT2D eigenvalue weighted by Gasteiger charge is 2.28. The molecule has 4 heteroatoms. The molecule has 0 bridgehead atoms. The summed E-state index contributed by atoms with van der Waals surface area (Å²) < 4.78 is 11.4. The summed E-state index contributed by atoms with van der Waals surface area (Å²) >= 11 is 0. The van der Waals surface area contributed by atoms with Gasteiger partial charge >= 0.3 is 0 Å². The number of phenols is 1. The monoisotopic (exact) mass is 276 g/mol. The van der Waals surface area contributed by atoms with Crippen LogP contribution in [0.4, 0.5) is 0 Å². The lowest BCUT2D eigenvalue weighted by Gasteiger charge is -2.17. The molecule has 0 saturated heterocycles. The lowest BCUT2D eigenvalue weighted by atomic mass is 10.0. The van der Waals surface area contributed by atoms with Crippen molar-refractivity contribution in [2.24, 2.45) is 5.92 Å². The smallest absolute Gasteiger partial charge is 0.195 e. The van der Waals surface area contributed by atoms with E-state index in [0.717, 1.165) is 0 Å². The fraction of sp³-hybridized carbons (Fsp3) is 0.562. The van der Waals surface area contributed by atoms with E-state index < -0.39 is 6.10 Å². The third-order valence-corrected chi connectivity index (χ3v) is 4.17. The van der Waals surface area contributed by atoms with Gasteiger partial charge in [0.25, 0.3) is 0 Å². The second-order valence-electron chi connectivity index (χ2n) is 5.65.